The van der Waals surface area contributed by atoms with Crippen LogP contribution in [0.3, 0.4) is 0 Å². The van der Waals surface area contributed by atoms with Crippen molar-refractivity contribution < 1.29 is 23.3 Å². The van der Waals surface area contributed by atoms with Crippen LogP contribution in [0.4, 0.5) is 0 Å². The molecule has 3 unspecified atom stereocenters. The Hall–Kier alpha value is -1.14. The molecule has 2 rings (SSSR count). The third kappa shape index (κ3) is 2.58. The number of hydrogen-bond donors (Lipinski definition) is 1. The minimum atomic E-state index is -1.16. The molecule has 0 saturated carbocycles. The number of ether oxygens (including phenoxy) is 1. The zero-order valence-corrected chi connectivity index (χ0v) is 10.2. The van der Waals surface area contributed by atoms with Crippen LogP contribution in [0, 0.1) is 0 Å². The molecular formula is C11H14O5S. The average Bonchev–Trinajstić information content (AvgIpc) is 2.86. The van der Waals surface area contributed by atoms with Crippen molar-refractivity contribution in [2.24, 2.45) is 0 Å². The minimum Gasteiger partial charge on any atom is -0.478 e. The van der Waals surface area contributed by atoms with Crippen LogP contribution in [0.2, 0.25) is 0 Å². The van der Waals surface area contributed by atoms with Crippen molar-refractivity contribution in [3.8, 4) is 0 Å². The van der Waals surface area contributed by atoms with E-state index in [1.54, 1.807) is 0 Å². The quantitative estimate of drug-likeness (QED) is 0.883. The van der Waals surface area contributed by atoms with E-state index in [4.69, 9.17) is 14.3 Å². The van der Waals surface area contributed by atoms with Gasteiger partial charge in [-0.15, -0.1) is 0 Å². The number of rotatable bonds is 4. The molecule has 1 saturated heterocycles. The van der Waals surface area contributed by atoms with Gasteiger partial charge in [-0.25, -0.2) is 4.79 Å². The number of carbonyl (C=O) groups is 1. The summed E-state index contributed by atoms with van der Waals surface area (Å²) >= 11 is 0. The zero-order chi connectivity index (χ0) is 12.4. The Bertz CT molecular complexity index is 439. The van der Waals surface area contributed by atoms with Crippen LogP contribution < -0.4 is 0 Å². The zero-order valence-electron chi connectivity index (χ0n) is 9.42. The van der Waals surface area contributed by atoms with E-state index in [2.05, 4.69) is 0 Å². The van der Waals surface area contributed by atoms with Gasteiger partial charge in [-0.2, -0.15) is 0 Å². The molecule has 0 spiro atoms. The summed E-state index contributed by atoms with van der Waals surface area (Å²) in [6.07, 6.45) is 2.01. The van der Waals surface area contributed by atoms with E-state index in [0.29, 0.717) is 6.61 Å². The lowest BCUT2D eigenvalue weighted by atomic mass is 10.2. The smallest absolute Gasteiger partial charge is 0.339 e. The van der Waals surface area contributed by atoms with E-state index in [0.717, 1.165) is 6.42 Å². The van der Waals surface area contributed by atoms with Crippen LogP contribution in [0.25, 0.3) is 0 Å². The fourth-order valence-corrected chi connectivity index (χ4v) is 3.50. The van der Waals surface area contributed by atoms with Gasteiger partial charge in [-0.05, 0) is 19.4 Å². The lowest BCUT2D eigenvalue weighted by molar-refractivity contribution is 0.0695. The molecule has 17 heavy (non-hydrogen) atoms. The van der Waals surface area contributed by atoms with Crippen molar-refractivity contribution >= 4 is 16.8 Å². The minimum absolute atomic E-state index is 0.0401. The van der Waals surface area contributed by atoms with Crippen molar-refractivity contribution in [1.82, 2.24) is 0 Å². The Morgan fingerprint density at radius 1 is 1.65 bits per heavy atom. The topological polar surface area (TPSA) is 76.7 Å². The van der Waals surface area contributed by atoms with Crippen molar-refractivity contribution in [1.29, 1.82) is 0 Å². The standard InChI is InChI=1S/C11H14O5S/c1-7-10(3-5-15-7)17(14)6-9-8(11(12)13)2-4-16-9/h2,4,7,10H,3,5-6H2,1H3,(H,12,13). The highest BCUT2D eigenvalue weighted by atomic mass is 32.2. The van der Waals surface area contributed by atoms with Gasteiger partial charge in [-0.3, -0.25) is 4.21 Å². The lowest BCUT2D eigenvalue weighted by Crippen LogP contribution is -2.24. The fraction of sp³-hybridized carbons (Fsp3) is 0.545. The molecule has 0 aromatic carbocycles. The molecule has 0 aliphatic carbocycles. The third-order valence-electron chi connectivity index (χ3n) is 2.89. The number of aromatic carboxylic acids is 1. The Kier molecular flexibility index (Phi) is 3.63. The summed E-state index contributed by atoms with van der Waals surface area (Å²) in [5.74, 6) is -0.649. The molecule has 2 heterocycles. The number of hydrogen-bond acceptors (Lipinski definition) is 4. The highest BCUT2D eigenvalue weighted by molar-refractivity contribution is 7.84. The summed E-state index contributed by atoms with van der Waals surface area (Å²) in [5.41, 5.74) is 0.0879. The second-order valence-electron chi connectivity index (χ2n) is 3.99. The number of carboxylic acid groups (broad SMARTS) is 1. The lowest BCUT2D eigenvalue weighted by Gasteiger charge is -2.12. The maximum Gasteiger partial charge on any atom is 0.339 e. The highest BCUT2D eigenvalue weighted by Crippen LogP contribution is 2.22. The molecule has 0 amide bonds. The molecule has 1 N–H and O–H groups in total. The van der Waals surface area contributed by atoms with E-state index in [1.807, 2.05) is 6.92 Å². The molecule has 1 aromatic rings. The van der Waals surface area contributed by atoms with Gasteiger partial charge in [-0.1, -0.05) is 0 Å². The second-order valence-corrected chi connectivity index (χ2v) is 5.65. The summed E-state index contributed by atoms with van der Waals surface area (Å²) < 4.78 is 22.5. The van der Waals surface area contributed by atoms with Gasteiger partial charge in [0, 0.05) is 17.4 Å². The first-order chi connectivity index (χ1) is 8.09. The van der Waals surface area contributed by atoms with E-state index in [1.165, 1.54) is 12.3 Å². The van der Waals surface area contributed by atoms with Crippen LogP contribution in [-0.4, -0.2) is 33.2 Å². The van der Waals surface area contributed by atoms with Gasteiger partial charge in [0.1, 0.15) is 11.3 Å². The van der Waals surface area contributed by atoms with Crippen molar-refractivity contribution in [2.75, 3.05) is 6.61 Å². The summed E-state index contributed by atoms with van der Waals surface area (Å²) in [6.45, 7) is 2.50. The molecule has 94 valence electrons. The van der Waals surface area contributed by atoms with Crippen LogP contribution >= 0.6 is 0 Å². The van der Waals surface area contributed by atoms with Gasteiger partial charge >= 0.3 is 5.97 Å². The Labute approximate surface area is 101 Å². The Balaban J connectivity index is 2.07. The van der Waals surface area contributed by atoms with Gasteiger partial charge in [0.2, 0.25) is 0 Å². The van der Waals surface area contributed by atoms with Crippen LogP contribution in [-0.2, 0) is 21.3 Å². The summed E-state index contributed by atoms with van der Waals surface area (Å²) in [5, 5.41) is 8.86. The molecule has 3 atom stereocenters. The van der Waals surface area contributed by atoms with Gasteiger partial charge in [0.05, 0.1) is 23.4 Å². The highest BCUT2D eigenvalue weighted by Gasteiger charge is 2.30. The summed E-state index contributed by atoms with van der Waals surface area (Å²) in [6, 6.07) is 1.38. The molecular weight excluding hydrogens is 244 g/mol. The van der Waals surface area contributed by atoms with Gasteiger partial charge in [0.15, 0.2) is 0 Å². The Morgan fingerprint density at radius 3 is 3.00 bits per heavy atom. The molecule has 1 aliphatic rings. The number of furan rings is 1. The monoisotopic (exact) mass is 258 g/mol. The first-order valence-electron chi connectivity index (χ1n) is 5.38. The van der Waals surface area contributed by atoms with Crippen LogP contribution in [0.5, 0.6) is 0 Å². The molecule has 5 nitrogen and oxygen atoms in total. The van der Waals surface area contributed by atoms with Crippen molar-refractivity contribution in [2.45, 2.75) is 30.5 Å². The largest absolute Gasteiger partial charge is 0.478 e. The predicted molar refractivity (Wildman–Crippen MR) is 61.3 cm³/mol. The summed E-state index contributed by atoms with van der Waals surface area (Å²) in [4.78, 5) is 10.9. The maximum atomic E-state index is 12.1. The van der Waals surface area contributed by atoms with Crippen LogP contribution in [0.1, 0.15) is 29.5 Å². The van der Waals surface area contributed by atoms with E-state index in [-0.39, 0.29) is 28.4 Å². The predicted octanol–water partition coefficient (Wildman–Crippen LogP) is 1.40. The SMILES string of the molecule is CC1OCCC1S(=O)Cc1occc1C(=O)O. The van der Waals surface area contributed by atoms with E-state index in [9.17, 15) is 9.00 Å². The maximum absolute atomic E-state index is 12.1. The Morgan fingerprint density at radius 2 is 2.41 bits per heavy atom. The van der Waals surface area contributed by atoms with Crippen LogP contribution in [0.15, 0.2) is 16.7 Å². The number of carboxylic acids is 1. The molecule has 1 aliphatic heterocycles. The average molecular weight is 258 g/mol. The molecule has 0 radical (unpaired) electrons. The first-order valence-corrected chi connectivity index (χ1v) is 6.76. The molecule has 6 heteroatoms. The first kappa shape index (κ1) is 12.3. The van der Waals surface area contributed by atoms with Crippen molar-refractivity contribution in [3.63, 3.8) is 0 Å². The van der Waals surface area contributed by atoms with E-state index >= 15 is 0 Å². The third-order valence-corrected chi connectivity index (χ3v) is 4.73. The van der Waals surface area contributed by atoms with Gasteiger partial charge in [0.25, 0.3) is 0 Å². The molecule has 1 fully saturated rings. The second kappa shape index (κ2) is 5.01. The van der Waals surface area contributed by atoms with E-state index < -0.39 is 16.8 Å². The molecule has 1 aromatic heterocycles. The normalized spacial score (nSPS) is 25.9. The fourth-order valence-electron chi connectivity index (χ4n) is 1.94. The molecule has 0 bridgehead atoms. The van der Waals surface area contributed by atoms with Gasteiger partial charge < -0.3 is 14.3 Å². The summed E-state index contributed by atoms with van der Waals surface area (Å²) in [7, 11) is -1.16. The van der Waals surface area contributed by atoms with Crippen molar-refractivity contribution in [3.05, 3.63) is 23.7 Å².